The van der Waals surface area contributed by atoms with Crippen molar-refractivity contribution in [1.29, 1.82) is 0 Å². The average Bonchev–Trinajstić information content (AvgIpc) is 3.03. The number of amides is 2. The van der Waals surface area contributed by atoms with E-state index in [9.17, 15) is 4.79 Å². The number of anilines is 1. The van der Waals surface area contributed by atoms with Crippen LogP contribution in [0.3, 0.4) is 0 Å². The predicted octanol–water partition coefficient (Wildman–Crippen LogP) is 4.98. The molecule has 1 aromatic rings. The van der Waals surface area contributed by atoms with Crippen LogP contribution in [0.5, 0.6) is 0 Å². The van der Waals surface area contributed by atoms with Crippen LogP contribution in [0.25, 0.3) is 5.57 Å². The van der Waals surface area contributed by atoms with Crippen molar-refractivity contribution in [3.63, 3.8) is 0 Å². The number of nitrogens with one attached hydrogen (secondary N) is 1. The van der Waals surface area contributed by atoms with Crippen LogP contribution in [0, 0.1) is 0 Å². The van der Waals surface area contributed by atoms with E-state index in [4.69, 9.17) is 4.99 Å². The van der Waals surface area contributed by atoms with E-state index in [-0.39, 0.29) is 11.6 Å². The summed E-state index contributed by atoms with van der Waals surface area (Å²) < 4.78 is 0. The van der Waals surface area contributed by atoms with E-state index in [2.05, 4.69) is 41.1 Å². The Morgan fingerprint density at radius 2 is 1.70 bits per heavy atom. The summed E-state index contributed by atoms with van der Waals surface area (Å²) in [5, 5.41) is 3.21. The molecule has 6 aliphatic heterocycles. The second kappa shape index (κ2) is 8.18. The summed E-state index contributed by atoms with van der Waals surface area (Å²) in [5.74, 6) is 0.930. The summed E-state index contributed by atoms with van der Waals surface area (Å²) in [4.78, 5) is 23.0. The Balaban J connectivity index is 1.54. The van der Waals surface area contributed by atoms with E-state index in [1.165, 1.54) is 43.2 Å². The van der Waals surface area contributed by atoms with Gasteiger partial charge in [0, 0.05) is 18.8 Å². The van der Waals surface area contributed by atoms with E-state index in [0.29, 0.717) is 6.04 Å². The standard InChI is InChI=1S/C25H34N4O/c1-19-7-5-6-16-28-17-14-25(15-18-28)23(26-21-8-3-2-4-9-21)27-24(30)29(25)22-12-10-20(19)11-13-22/h10-13,21H,1-9,14-18H2,(H,26,27,30). The van der Waals surface area contributed by atoms with E-state index in [0.717, 1.165) is 63.3 Å². The molecule has 2 saturated heterocycles. The maximum atomic E-state index is 13.2. The van der Waals surface area contributed by atoms with Crippen LogP contribution in [0.2, 0.25) is 0 Å². The smallest absolute Gasteiger partial charge is 0.303 e. The number of rotatable bonds is 1. The number of allylic oxidation sites excluding steroid dienone is 1. The number of hydrogen-bond acceptors (Lipinski definition) is 3. The third-order valence-corrected chi connectivity index (χ3v) is 7.60. The van der Waals surface area contributed by atoms with Crippen LogP contribution < -0.4 is 10.2 Å². The van der Waals surface area contributed by atoms with Gasteiger partial charge in [0.15, 0.2) is 0 Å². The Morgan fingerprint density at radius 1 is 0.967 bits per heavy atom. The Hall–Kier alpha value is -2.14. The van der Waals surface area contributed by atoms with E-state index in [1.54, 1.807) is 0 Å². The minimum atomic E-state index is -0.326. The van der Waals surface area contributed by atoms with Crippen molar-refractivity contribution in [2.75, 3.05) is 24.5 Å². The zero-order valence-corrected chi connectivity index (χ0v) is 18.0. The molecular weight excluding hydrogens is 372 g/mol. The first-order chi connectivity index (χ1) is 14.7. The molecule has 0 unspecified atom stereocenters. The van der Waals surface area contributed by atoms with Gasteiger partial charge in [-0.2, -0.15) is 0 Å². The molecule has 5 heteroatoms. The van der Waals surface area contributed by atoms with Gasteiger partial charge in [-0.1, -0.05) is 38.0 Å². The summed E-state index contributed by atoms with van der Waals surface area (Å²) >= 11 is 0. The van der Waals surface area contributed by atoms with Gasteiger partial charge in [-0.25, -0.2) is 4.79 Å². The van der Waals surface area contributed by atoms with Gasteiger partial charge in [-0.15, -0.1) is 0 Å². The molecule has 7 aliphatic rings. The number of hydrogen-bond donors (Lipinski definition) is 1. The first-order valence-electron chi connectivity index (χ1n) is 11.9. The van der Waals surface area contributed by atoms with Crippen molar-refractivity contribution in [1.82, 2.24) is 10.2 Å². The lowest BCUT2D eigenvalue weighted by Gasteiger charge is -2.44. The molecule has 2 amide bonds. The molecule has 0 aromatic heterocycles. The van der Waals surface area contributed by atoms with Crippen molar-refractivity contribution in [2.24, 2.45) is 4.99 Å². The molecule has 1 saturated carbocycles. The van der Waals surface area contributed by atoms with Crippen LogP contribution in [-0.2, 0) is 0 Å². The number of aliphatic imine (C=N–C) groups is 1. The van der Waals surface area contributed by atoms with Gasteiger partial charge in [0.2, 0.25) is 0 Å². The van der Waals surface area contributed by atoms with E-state index in [1.807, 2.05) is 4.90 Å². The normalized spacial score (nSPS) is 31.7. The van der Waals surface area contributed by atoms with Gasteiger partial charge in [0.1, 0.15) is 11.4 Å². The summed E-state index contributed by atoms with van der Waals surface area (Å²) in [6, 6.07) is 8.82. The Bertz CT molecular complexity index is 829. The first-order valence-corrected chi connectivity index (χ1v) is 11.9. The Kier molecular flexibility index (Phi) is 5.40. The molecule has 8 rings (SSSR count). The van der Waals surface area contributed by atoms with Gasteiger partial charge in [-0.05, 0) is 74.8 Å². The number of benzene rings is 1. The molecule has 1 N–H and O–H groups in total. The molecule has 30 heavy (non-hydrogen) atoms. The fourth-order valence-corrected chi connectivity index (χ4v) is 5.75. The number of piperidine rings is 1. The molecule has 1 aromatic carbocycles. The molecule has 5 nitrogen and oxygen atoms in total. The second-order valence-electron chi connectivity index (χ2n) is 9.52. The molecule has 1 spiro atoms. The molecule has 3 fully saturated rings. The number of amidine groups is 1. The zero-order chi connectivity index (χ0) is 20.6. The maximum Gasteiger partial charge on any atom is 0.328 e. The summed E-state index contributed by atoms with van der Waals surface area (Å²) in [7, 11) is 0. The topological polar surface area (TPSA) is 47.9 Å². The monoisotopic (exact) mass is 406 g/mol. The van der Waals surface area contributed by atoms with Gasteiger partial charge in [0.05, 0.1) is 6.04 Å². The molecule has 1 aliphatic carbocycles. The van der Waals surface area contributed by atoms with Crippen LogP contribution >= 0.6 is 0 Å². The number of urea groups is 1. The van der Waals surface area contributed by atoms with Crippen LogP contribution in [0.1, 0.15) is 69.8 Å². The van der Waals surface area contributed by atoms with E-state index >= 15 is 0 Å². The highest BCUT2D eigenvalue weighted by Crippen LogP contribution is 2.39. The lowest BCUT2D eigenvalue weighted by atomic mass is 9.84. The molecule has 6 heterocycles. The largest absolute Gasteiger partial charge is 0.328 e. The first kappa shape index (κ1) is 19.8. The SMILES string of the molecule is C=C1CCCCN2CCC3(CC2)C(=NC2CCCCC2)NC(=O)N3c2ccc1cc2. The van der Waals surface area contributed by atoms with Gasteiger partial charge in [0.25, 0.3) is 0 Å². The second-order valence-corrected chi connectivity index (χ2v) is 9.52. The van der Waals surface area contributed by atoms with Gasteiger partial charge < -0.3 is 4.90 Å². The van der Waals surface area contributed by atoms with Crippen molar-refractivity contribution < 1.29 is 4.79 Å². The highest BCUT2D eigenvalue weighted by molar-refractivity contribution is 6.19. The van der Waals surface area contributed by atoms with Gasteiger partial charge in [-0.3, -0.25) is 15.2 Å². The maximum absolute atomic E-state index is 13.2. The number of nitrogens with zero attached hydrogens (tertiary/aromatic N) is 3. The van der Waals surface area contributed by atoms with E-state index < -0.39 is 0 Å². The molecule has 0 atom stereocenters. The number of carbonyl (C=O) groups excluding carboxylic acids is 1. The Labute approximate surface area is 180 Å². The molecule has 0 radical (unpaired) electrons. The fraction of sp³-hybridized carbons (Fsp3) is 0.600. The zero-order valence-electron chi connectivity index (χ0n) is 18.0. The lowest BCUT2D eigenvalue weighted by molar-refractivity contribution is 0.188. The van der Waals surface area contributed by atoms with Crippen LogP contribution in [0.15, 0.2) is 35.8 Å². The average molecular weight is 407 g/mol. The van der Waals surface area contributed by atoms with Crippen molar-refractivity contribution >= 4 is 23.1 Å². The molecule has 4 bridgehead atoms. The summed E-state index contributed by atoms with van der Waals surface area (Å²) in [6.07, 6.45) is 11.5. The number of carbonyl (C=O) groups is 1. The van der Waals surface area contributed by atoms with Gasteiger partial charge >= 0.3 is 6.03 Å². The minimum Gasteiger partial charge on any atom is -0.303 e. The highest BCUT2D eigenvalue weighted by atomic mass is 16.2. The quantitative estimate of drug-likeness (QED) is 0.715. The highest BCUT2D eigenvalue weighted by Gasteiger charge is 2.53. The van der Waals surface area contributed by atoms with Crippen molar-refractivity contribution in [3.8, 4) is 0 Å². The third kappa shape index (κ3) is 3.58. The summed E-state index contributed by atoms with van der Waals surface area (Å²) in [5.41, 5.74) is 3.03. The lowest BCUT2D eigenvalue weighted by Crippen LogP contribution is -2.57. The Morgan fingerprint density at radius 3 is 2.43 bits per heavy atom. The minimum absolute atomic E-state index is 0.0170. The molecule has 160 valence electrons. The van der Waals surface area contributed by atoms with Crippen LogP contribution in [-0.4, -0.2) is 48.0 Å². The van der Waals surface area contributed by atoms with Crippen molar-refractivity contribution in [3.05, 3.63) is 36.4 Å². The predicted molar refractivity (Wildman–Crippen MR) is 123 cm³/mol. The fourth-order valence-electron chi connectivity index (χ4n) is 5.75. The van der Waals surface area contributed by atoms with Crippen LogP contribution in [0.4, 0.5) is 10.5 Å². The molecular formula is C25H34N4O. The van der Waals surface area contributed by atoms with Crippen molar-refractivity contribution in [2.45, 2.75) is 75.8 Å². The third-order valence-electron chi connectivity index (χ3n) is 7.60. The summed E-state index contributed by atoms with van der Waals surface area (Å²) in [6.45, 7) is 7.47.